The highest BCUT2D eigenvalue weighted by Gasteiger charge is 2.31. The van der Waals surface area contributed by atoms with Crippen molar-refractivity contribution in [2.75, 3.05) is 0 Å². The van der Waals surface area contributed by atoms with Gasteiger partial charge in [0.1, 0.15) is 0 Å². The summed E-state index contributed by atoms with van der Waals surface area (Å²) in [6.45, 7) is 5.03. The van der Waals surface area contributed by atoms with E-state index in [4.69, 9.17) is 0 Å². The van der Waals surface area contributed by atoms with E-state index < -0.39 is 17.6 Å². The average Bonchev–Trinajstić information content (AvgIpc) is 2.95. The van der Waals surface area contributed by atoms with Gasteiger partial charge in [0.15, 0.2) is 0 Å². The minimum atomic E-state index is -0.955. The fourth-order valence-corrected chi connectivity index (χ4v) is 11.8. The van der Waals surface area contributed by atoms with E-state index in [2.05, 4.69) is 159 Å². The highest BCUT2D eigenvalue weighted by molar-refractivity contribution is 6.84. The molecule has 36 heavy (non-hydrogen) atoms. The Kier molecular flexibility index (Phi) is 7.75. The Balaban J connectivity index is 1.60. The van der Waals surface area contributed by atoms with Gasteiger partial charge in [0, 0.05) is 11.1 Å². The van der Waals surface area contributed by atoms with Crippen LogP contribution in [0.2, 0.25) is 13.1 Å². The summed E-state index contributed by atoms with van der Waals surface area (Å²) in [5.41, 5.74) is 6.48. The monoisotopic (exact) mass is 496 g/mol. The number of rotatable bonds is 8. The van der Waals surface area contributed by atoms with Crippen LogP contribution in [0.1, 0.15) is 33.3 Å². The van der Waals surface area contributed by atoms with Crippen LogP contribution in [0.15, 0.2) is 146 Å². The first-order chi connectivity index (χ1) is 17.7. The zero-order valence-electron chi connectivity index (χ0n) is 21.0. The first-order valence-electron chi connectivity index (χ1n) is 12.7. The Bertz CT molecular complexity index is 1160. The quantitative estimate of drug-likeness (QED) is 0.201. The van der Waals surface area contributed by atoms with Crippen molar-refractivity contribution in [3.05, 3.63) is 168 Å². The Morgan fingerprint density at radius 2 is 0.556 bits per heavy atom. The number of hydrogen-bond acceptors (Lipinski definition) is 0. The van der Waals surface area contributed by atoms with E-state index in [1.807, 2.05) is 0 Å². The van der Waals surface area contributed by atoms with Gasteiger partial charge in [-0.1, -0.05) is 169 Å². The second-order valence-electron chi connectivity index (χ2n) is 9.42. The molecule has 0 aliphatic heterocycles. The lowest BCUT2D eigenvalue weighted by Crippen LogP contribution is -2.51. The molecule has 0 heterocycles. The molecule has 0 nitrogen and oxygen atoms in total. The summed E-state index contributed by atoms with van der Waals surface area (Å²) in [5, 5.41) is 3.15. The van der Waals surface area contributed by atoms with Crippen LogP contribution in [0.5, 0.6) is 0 Å². The SMILES string of the molecule is C[Si](c1ccccc1[Si](C)C(c1ccccc1)c1ccccc1)C(c1ccccc1)c1ccccc1. The van der Waals surface area contributed by atoms with Gasteiger partial charge < -0.3 is 0 Å². The topological polar surface area (TPSA) is 0 Å². The van der Waals surface area contributed by atoms with E-state index in [-0.39, 0.29) is 0 Å². The smallest absolute Gasteiger partial charge is 0.0662 e. The highest BCUT2D eigenvalue weighted by atomic mass is 28.3. The van der Waals surface area contributed by atoms with Gasteiger partial charge in [-0.25, -0.2) is 0 Å². The standard InChI is InChI=1S/C34H32Si2/c1-35(33(27-17-7-3-8-18-27)28-19-9-4-10-20-28)31-25-15-16-26-32(31)36(2)34(29-21-11-5-12-22-29)30-23-13-6-14-24-30/h3-26,33-34H,1-2H3. The van der Waals surface area contributed by atoms with Crippen molar-refractivity contribution < 1.29 is 0 Å². The third kappa shape index (κ3) is 5.20. The van der Waals surface area contributed by atoms with Crippen LogP contribution < -0.4 is 10.4 Å². The van der Waals surface area contributed by atoms with Crippen LogP contribution >= 0.6 is 0 Å². The van der Waals surface area contributed by atoms with E-state index in [0.29, 0.717) is 11.1 Å². The molecule has 5 aromatic rings. The van der Waals surface area contributed by atoms with Crippen LogP contribution in [0.3, 0.4) is 0 Å². The molecule has 0 spiro atoms. The highest BCUT2D eigenvalue weighted by Crippen LogP contribution is 2.29. The second kappa shape index (κ2) is 11.5. The summed E-state index contributed by atoms with van der Waals surface area (Å²) >= 11 is 0. The van der Waals surface area contributed by atoms with Crippen molar-refractivity contribution in [2.45, 2.75) is 24.2 Å². The molecule has 0 aliphatic rings. The fourth-order valence-electron chi connectivity index (χ4n) is 5.45. The van der Waals surface area contributed by atoms with Crippen LogP contribution in [-0.2, 0) is 0 Å². The largest absolute Gasteiger partial charge is 0.0950 e. The Morgan fingerprint density at radius 3 is 0.806 bits per heavy atom. The lowest BCUT2D eigenvalue weighted by Gasteiger charge is -2.30. The Morgan fingerprint density at radius 1 is 0.333 bits per heavy atom. The van der Waals surface area contributed by atoms with Gasteiger partial charge in [-0.05, 0) is 22.3 Å². The third-order valence-electron chi connectivity index (χ3n) is 7.17. The number of hydrogen-bond donors (Lipinski definition) is 0. The van der Waals surface area contributed by atoms with Gasteiger partial charge >= 0.3 is 0 Å². The van der Waals surface area contributed by atoms with E-state index >= 15 is 0 Å². The summed E-state index contributed by atoms with van der Waals surface area (Å²) in [6.07, 6.45) is 0. The molecular weight excluding hydrogens is 465 g/mol. The molecule has 0 aromatic heterocycles. The maximum absolute atomic E-state index is 2.52. The van der Waals surface area contributed by atoms with E-state index in [1.165, 1.54) is 22.3 Å². The molecule has 0 atom stereocenters. The molecule has 5 aromatic carbocycles. The van der Waals surface area contributed by atoms with Gasteiger partial charge in [0.05, 0.1) is 17.6 Å². The summed E-state index contributed by atoms with van der Waals surface area (Å²) in [6, 6.07) is 53.8. The molecule has 0 saturated heterocycles. The summed E-state index contributed by atoms with van der Waals surface area (Å²) in [7, 11) is -1.91. The zero-order valence-corrected chi connectivity index (χ0v) is 23.0. The molecular formula is C34H32Si2. The van der Waals surface area contributed by atoms with Crippen molar-refractivity contribution in [1.29, 1.82) is 0 Å². The summed E-state index contributed by atoms with van der Waals surface area (Å²) in [4.78, 5) is 0. The number of benzene rings is 5. The minimum absolute atomic E-state index is 0.403. The van der Waals surface area contributed by atoms with Crippen molar-refractivity contribution >= 4 is 28.0 Å². The van der Waals surface area contributed by atoms with Gasteiger partial charge in [0.25, 0.3) is 0 Å². The minimum Gasteiger partial charge on any atom is -0.0662 e. The molecule has 0 fully saturated rings. The molecule has 0 bridgehead atoms. The van der Waals surface area contributed by atoms with Crippen molar-refractivity contribution in [2.24, 2.45) is 0 Å². The molecule has 0 amide bonds. The second-order valence-corrected chi connectivity index (χ2v) is 14.4. The van der Waals surface area contributed by atoms with E-state index in [1.54, 1.807) is 10.4 Å². The summed E-state index contributed by atoms with van der Waals surface area (Å²) in [5.74, 6) is 0. The average molecular weight is 497 g/mol. The van der Waals surface area contributed by atoms with Crippen LogP contribution in [0.4, 0.5) is 0 Å². The maximum atomic E-state index is 2.52. The lowest BCUT2D eigenvalue weighted by atomic mass is 10.0. The van der Waals surface area contributed by atoms with Gasteiger partial charge in [0.2, 0.25) is 0 Å². The van der Waals surface area contributed by atoms with Gasteiger partial charge in [-0.15, -0.1) is 0 Å². The van der Waals surface area contributed by atoms with Gasteiger partial charge in [-0.2, -0.15) is 0 Å². The third-order valence-corrected chi connectivity index (χ3v) is 13.1. The zero-order chi connectivity index (χ0) is 24.7. The van der Waals surface area contributed by atoms with Crippen molar-refractivity contribution in [3.63, 3.8) is 0 Å². The normalized spacial score (nSPS) is 11.5. The van der Waals surface area contributed by atoms with Crippen molar-refractivity contribution in [3.8, 4) is 0 Å². The predicted octanol–water partition coefficient (Wildman–Crippen LogP) is 7.09. The first kappa shape index (κ1) is 24.2. The molecule has 2 radical (unpaired) electrons. The lowest BCUT2D eigenvalue weighted by molar-refractivity contribution is 1.10. The molecule has 0 aliphatic carbocycles. The van der Waals surface area contributed by atoms with Crippen LogP contribution in [-0.4, -0.2) is 17.6 Å². The van der Waals surface area contributed by atoms with E-state index in [9.17, 15) is 0 Å². The molecule has 0 unspecified atom stereocenters. The van der Waals surface area contributed by atoms with E-state index in [0.717, 1.165) is 0 Å². The molecule has 2 heteroatoms. The molecule has 0 saturated carbocycles. The van der Waals surface area contributed by atoms with Crippen molar-refractivity contribution in [1.82, 2.24) is 0 Å². The molecule has 5 rings (SSSR count). The molecule has 0 N–H and O–H groups in total. The fraction of sp³-hybridized carbons (Fsp3) is 0.118. The Hall–Kier alpha value is -3.47. The first-order valence-corrected chi connectivity index (χ1v) is 16.9. The molecule has 176 valence electrons. The maximum Gasteiger partial charge on any atom is 0.0950 e. The van der Waals surface area contributed by atoms with Gasteiger partial charge in [-0.3, -0.25) is 0 Å². The Labute approximate surface area is 219 Å². The summed E-state index contributed by atoms with van der Waals surface area (Å²) < 4.78 is 0. The predicted molar refractivity (Wildman–Crippen MR) is 158 cm³/mol. The van der Waals surface area contributed by atoms with Crippen LogP contribution in [0, 0.1) is 0 Å². The van der Waals surface area contributed by atoms with Crippen LogP contribution in [0.25, 0.3) is 0 Å².